The van der Waals surface area contributed by atoms with Crippen LogP contribution in [0.25, 0.3) is 0 Å². The summed E-state index contributed by atoms with van der Waals surface area (Å²) in [7, 11) is -1.72. The third-order valence-corrected chi connectivity index (χ3v) is 9.22. The summed E-state index contributed by atoms with van der Waals surface area (Å²) < 4.78 is 7.15. The molecule has 102 valence electrons. The number of benzene rings is 1. The Morgan fingerprint density at radius 1 is 1.22 bits per heavy atom. The molecule has 0 aromatic heterocycles. The van der Waals surface area contributed by atoms with Crippen molar-refractivity contribution in [3.8, 4) is 0 Å². The molecule has 1 aromatic carbocycles. The molecule has 1 aromatic rings. The predicted molar refractivity (Wildman–Crippen MR) is 82.1 cm³/mol. The lowest BCUT2D eigenvalue weighted by Crippen LogP contribution is -2.40. The van der Waals surface area contributed by atoms with Gasteiger partial charge in [-0.3, -0.25) is 0 Å². The van der Waals surface area contributed by atoms with E-state index in [-0.39, 0.29) is 11.6 Å². The first-order valence-corrected chi connectivity index (χ1v) is 9.90. The second-order valence-corrected chi connectivity index (χ2v) is 11.7. The highest BCUT2D eigenvalue weighted by molar-refractivity contribution is 9.10. The molecule has 2 nitrogen and oxygen atoms in total. The monoisotopic (exact) mass is 330 g/mol. The van der Waals surface area contributed by atoms with E-state index in [0.29, 0.717) is 6.61 Å². The zero-order valence-corrected chi connectivity index (χ0v) is 14.5. The molecule has 0 spiro atoms. The van der Waals surface area contributed by atoms with E-state index in [4.69, 9.17) is 4.43 Å². The normalized spacial score (nSPS) is 12.8. The van der Waals surface area contributed by atoms with E-state index in [9.17, 15) is 5.11 Å². The highest BCUT2D eigenvalue weighted by Gasteiger charge is 2.37. The second-order valence-electron chi connectivity index (χ2n) is 6.10. The molecule has 0 bridgehead atoms. The largest absolute Gasteiger partial charge is 0.413 e. The maximum atomic E-state index is 9.24. The Morgan fingerprint density at radius 3 is 2.28 bits per heavy atom. The first kappa shape index (κ1) is 15.9. The van der Waals surface area contributed by atoms with E-state index in [1.165, 1.54) is 0 Å². The molecule has 0 heterocycles. The summed E-state index contributed by atoms with van der Waals surface area (Å²) in [5.74, 6) is 0. The molecule has 0 unspecified atom stereocenters. The summed E-state index contributed by atoms with van der Waals surface area (Å²) in [6.07, 6.45) is 0. The lowest BCUT2D eigenvalue weighted by atomic mass is 10.1. The van der Waals surface area contributed by atoms with E-state index in [0.717, 1.165) is 15.6 Å². The van der Waals surface area contributed by atoms with Crippen LogP contribution in [0.4, 0.5) is 0 Å². The van der Waals surface area contributed by atoms with E-state index < -0.39 is 8.32 Å². The Labute approximate surface area is 120 Å². The van der Waals surface area contributed by atoms with Gasteiger partial charge in [-0.1, -0.05) is 54.9 Å². The van der Waals surface area contributed by atoms with Crippen LogP contribution in [-0.4, -0.2) is 13.4 Å². The van der Waals surface area contributed by atoms with Crippen LogP contribution in [0.5, 0.6) is 0 Å². The highest BCUT2D eigenvalue weighted by atomic mass is 79.9. The van der Waals surface area contributed by atoms with Crippen molar-refractivity contribution >= 4 is 24.2 Å². The Hall–Kier alpha value is -0.163. The van der Waals surface area contributed by atoms with Gasteiger partial charge < -0.3 is 9.53 Å². The van der Waals surface area contributed by atoms with Gasteiger partial charge >= 0.3 is 0 Å². The van der Waals surface area contributed by atoms with Gasteiger partial charge in [0.05, 0.1) is 13.2 Å². The first-order chi connectivity index (χ1) is 8.19. The molecular formula is C14H23BrO2Si. The Kier molecular flexibility index (Phi) is 5.18. The zero-order chi connectivity index (χ0) is 14.0. The minimum Gasteiger partial charge on any atom is -0.413 e. The molecular weight excluding hydrogens is 308 g/mol. The number of aliphatic hydroxyl groups is 1. The number of aliphatic hydroxyl groups excluding tert-OH is 1. The molecule has 0 saturated heterocycles. The van der Waals surface area contributed by atoms with Gasteiger partial charge in [0.25, 0.3) is 0 Å². The summed E-state index contributed by atoms with van der Waals surface area (Å²) in [4.78, 5) is 0. The second kappa shape index (κ2) is 5.86. The molecule has 0 saturated carbocycles. The molecule has 0 aliphatic rings. The van der Waals surface area contributed by atoms with Crippen LogP contribution < -0.4 is 0 Å². The van der Waals surface area contributed by atoms with Crippen molar-refractivity contribution in [3.63, 3.8) is 0 Å². The molecule has 0 aliphatic heterocycles. The van der Waals surface area contributed by atoms with Crippen LogP contribution in [0.3, 0.4) is 0 Å². The average Bonchev–Trinajstić information content (AvgIpc) is 2.26. The molecule has 18 heavy (non-hydrogen) atoms. The quantitative estimate of drug-likeness (QED) is 0.825. The van der Waals surface area contributed by atoms with Crippen LogP contribution in [0, 0.1) is 0 Å². The summed E-state index contributed by atoms with van der Waals surface area (Å²) in [5.41, 5.74) is 2.01. The van der Waals surface area contributed by atoms with Crippen LogP contribution in [-0.2, 0) is 17.6 Å². The van der Waals surface area contributed by atoms with Crippen LogP contribution in [0.15, 0.2) is 22.7 Å². The molecule has 1 rings (SSSR count). The SMILES string of the molecule is CC(C)(C)[Si](C)(C)OCc1cccc(CO)c1Br. The maximum absolute atomic E-state index is 9.24. The Balaban J connectivity index is 2.82. The summed E-state index contributed by atoms with van der Waals surface area (Å²) >= 11 is 3.54. The van der Waals surface area contributed by atoms with Gasteiger partial charge in [0.15, 0.2) is 8.32 Å². The predicted octanol–water partition coefficient (Wildman–Crippen LogP) is 4.46. The summed E-state index contributed by atoms with van der Waals surface area (Å²) in [5, 5.41) is 9.45. The smallest absolute Gasteiger partial charge is 0.192 e. The van der Waals surface area contributed by atoms with Gasteiger partial charge in [-0.05, 0) is 29.3 Å². The molecule has 0 fully saturated rings. The van der Waals surface area contributed by atoms with Crippen molar-refractivity contribution in [2.45, 2.75) is 52.1 Å². The van der Waals surface area contributed by atoms with Gasteiger partial charge in [0.1, 0.15) is 0 Å². The Morgan fingerprint density at radius 2 is 1.78 bits per heavy atom. The summed E-state index contributed by atoms with van der Waals surface area (Å²) in [6, 6.07) is 5.91. The van der Waals surface area contributed by atoms with E-state index in [1.54, 1.807) is 0 Å². The van der Waals surface area contributed by atoms with Crippen LogP contribution in [0.1, 0.15) is 31.9 Å². The lowest BCUT2D eigenvalue weighted by molar-refractivity contribution is 0.271. The van der Waals surface area contributed by atoms with Gasteiger partial charge in [-0.25, -0.2) is 0 Å². The highest BCUT2D eigenvalue weighted by Crippen LogP contribution is 2.37. The maximum Gasteiger partial charge on any atom is 0.192 e. The molecule has 4 heteroatoms. The number of hydrogen-bond donors (Lipinski definition) is 1. The van der Waals surface area contributed by atoms with Crippen LogP contribution >= 0.6 is 15.9 Å². The third kappa shape index (κ3) is 3.67. The Bertz CT molecular complexity index is 411. The number of rotatable bonds is 4. The molecule has 0 amide bonds. The van der Waals surface area contributed by atoms with Crippen molar-refractivity contribution < 1.29 is 9.53 Å². The fraction of sp³-hybridized carbons (Fsp3) is 0.571. The van der Waals surface area contributed by atoms with Crippen molar-refractivity contribution in [2.75, 3.05) is 0 Å². The van der Waals surface area contributed by atoms with Gasteiger partial charge in [0.2, 0.25) is 0 Å². The summed E-state index contributed by atoms with van der Waals surface area (Å²) in [6.45, 7) is 11.8. The van der Waals surface area contributed by atoms with E-state index in [2.05, 4.69) is 49.8 Å². The van der Waals surface area contributed by atoms with E-state index in [1.807, 2.05) is 18.2 Å². The van der Waals surface area contributed by atoms with Crippen molar-refractivity contribution in [2.24, 2.45) is 0 Å². The third-order valence-electron chi connectivity index (χ3n) is 3.72. The molecule has 1 N–H and O–H groups in total. The van der Waals surface area contributed by atoms with Gasteiger partial charge in [-0.15, -0.1) is 0 Å². The standard InChI is InChI=1S/C14H23BrO2Si/c1-14(2,3)18(4,5)17-10-12-8-6-7-11(9-16)13(12)15/h6-8,16H,9-10H2,1-5H3. The van der Waals surface area contributed by atoms with Crippen molar-refractivity contribution in [1.82, 2.24) is 0 Å². The fourth-order valence-electron chi connectivity index (χ4n) is 1.34. The average molecular weight is 331 g/mol. The topological polar surface area (TPSA) is 29.5 Å². The molecule has 0 radical (unpaired) electrons. The van der Waals surface area contributed by atoms with Crippen molar-refractivity contribution in [1.29, 1.82) is 0 Å². The van der Waals surface area contributed by atoms with Crippen LogP contribution in [0.2, 0.25) is 18.1 Å². The zero-order valence-electron chi connectivity index (χ0n) is 11.9. The van der Waals surface area contributed by atoms with E-state index >= 15 is 0 Å². The minimum absolute atomic E-state index is 0.0501. The first-order valence-electron chi connectivity index (χ1n) is 6.20. The van der Waals surface area contributed by atoms with Crippen molar-refractivity contribution in [3.05, 3.63) is 33.8 Å². The molecule has 0 aliphatic carbocycles. The lowest BCUT2D eigenvalue weighted by Gasteiger charge is -2.36. The minimum atomic E-state index is -1.72. The fourth-order valence-corrected chi connectivity index (χ4v) is 2.79. The molecule has 0 atom stereocenters. The number of hydrogen-bond acceptors (Lipinski definition) is 2. The van der Waals surface area contributed by atoms with Gasteiger partial charge in [0, 0.05) is 4.47 Å². The van der Waals surface area contributed by atoms with Gasteiger partial charge in [-0.2, -0.15) is 0 Å². The number of halogens is 1.